The van der Waals surface area contributed by atoms with Crippen molar-refractivity contribution in [1.82, 2.24) is 5.06 Å². The third-order valence-corrected chi connectivity index (χ3v) is 6.45. The largest absolute Gasteiger partial charge is 0.347 e. The zero-order valence-corrected chi connectivity index (χ0v) is 15.3. The highest BCUT2D eigenvalue weighted by Gasteiger charge is 2.63. The van der Waals surface area contributed by atoms with Crippen molar-refractivity contribution in [2.24, 2.45) is 5.92 Å². The number of hydrogen-bond donors (Lipinski definition) is 1. The average Bonchev–Trinajstić information content (AvgIpc) is 2.93. The highest BCUT2D eigenvalue weighted by atomic mass is 16.7. The SMILES string of the molecule is CCCCC1COC2(CC(C)(CC)N(O)C(C)(CC)C2C)O1. The summed E-state index contributed by atoms with van der Waals surface area (Å²) < 4.78 is 12.8. The van der Waals surface area contributed by atoms with Crippen LogP contribution >= 0.6 is 0 Å². The van der Waals surface area contributed by atoms with E-state index in [4.69, 9.17) is 9.47 Å². The van der Waals surface area contributed by atoms with Crippen molar-refractivity contribution < 1.29 is 14.7 Å². The standard InChI is InChI=1S/C18H35NO3/c1-7-10-11-15-12-21-18(22-15)13-16(5,8-2)19(20)17(6,9-3)14(18)4/h14-15,20H,7-13H2,1-6H3. The van der Waals surface area contributed by atoms with E-state index in [1.54, 1.807) is 5.06 Å². The number of ether oxygens (including phenoxy) is 2. The van der Waals surface area contributed by atoms with Crippen LogP contribution in [0.25, 0.3) is 0 Å². The van der Waals surface area contributed by atoms with Crippen molar-refractivity contribution in [2.75, 3.05) is 6.61 Å². The van der Waals surface area contributed by atoms with Gasteiger partial charge in [0.05, 0.1) is 18.2 Å². The summed E-state index contributed by atoms with van der Waals surface area (Å²) in [5, 5.41) is 12.5. The number of nitrogens with zero attached hydrogens (tertiary/aromatic N) is 1. The molecule has 5 atom stereocenters. The maximum absolute atomic E-state index is 10.9. The van der Waals surface area contributed by atoms with Gasteiger partial charge in [0, 0.05) is 17.9 Å². The van der Waals surface area contributed by atoms with E-state index in [2.05, 4.69) is 41.5 Å². The van der Waals surface area contributed by atoms with Gasteiger partial charge in [-0.3, -0.25) is 0 Å². The maximum atomic E-state index is 10.9. The molecule has 2 heterocycles. The Morgan fingerprint density at radius 3 is 2.41 bits per heavy atom. The Morgan fingerprint density at radius 2 is 1.86 bits per heavy atom. The molecule has 1 spiro atoms. The molecule has 0 bridgehead atoms. The van der Waals surface area contributed by atoms with E-state index in [9.17, 15) is 5.21 Å². The zero-order chi connectivity index (χ0) is 16.6. The Labute approximate surface area is 136 Å². The molecule has 0 aliphatic carbocycles. The van der Waals surface area contributed by atoms with Gasteiger partial charge in [-0.2, -0.15) is 5.06 Å². The number of hydroxylamine groups is 2. The number of unbranched alkanes of at least 4 members (excludes halogenated alkanes) is 1. The van der Waals surface area contributed by atoms with E-state index in [1.807, 2.05) is 0 Å². The first-order valence-electron chi connectivity index (χ1n) is 9.09. The smallest absolute Gasteiger partial charge is 0.175 e. The van der Waals surface area contributed by atoms with Crippen LogP contribution in [0.1, 0.15) is 80.1 Å². The van der Waals surface area contributed by atoms with Gasteiger partial charge in [0.25, 0.3) is 0 Å². The van der Waals surface area contributed by atoms with Crippen LogP contribution in [0.5, 0.6) is 0 Å². The molecular formula is C18H35NO3. The fourth-order valence-corrected chi connectivity index (χ4v) is 4.24. The molecular weight excluding hydrogens is 278 g/mol. The van der Waals surface area contributed by atoms with E-state index in [1.165, 1.54) is 12.8 Å². The van der Waals surface area contributed by atoms with E-state index in [0.29, 0.717) is 6.61 Å². The van der Waals surface area contributed by atoms with Crippen molar-refractivity contribution in [3.8, 4) is 0 Å². The second-order valence-corrected chi connectivity index (χ2v) is 7.78. The van der Waals surface area contributed by atoms with Crippen molar-refractivity contribution >= 4 is 0 Å². The third kappa shape index (κ3) is 2.72. The predicted octanol–water partition coefficient (Wildman–Crippen LogP) is 4.36. The first kappa shape index (κ1) is 18.2. The van der Waals surface area contributed by atoms with E-state index in [0.717, 1.165) is 25.7 Å². The van der Waals surface area contributed by atoms with Gasteiger partial charge in [0.2, 0.25) is 0 Å². The summed E-state index contributed by atoms with van der Waals surface area (Å²) in [6.07, 6.45) is 6.11. The highest BCUT2D eigenvalue weighted by Crippen LogP contribution is 2.53. The molecule has 0 amide bonds. The predicted molar refractivity (Wildman–Crippen MR) is 87.9 cm³/mol. The van der Waals surface area contributed by atoms with Crippen LogP contribution in [0.3, 0.4) is 0 Å². The normalized spacial score (nSPS) is 46.5. The molecule has 2 saturated heterocycles. The van der Waals surface area contributed by atoms with E-state index >= 15 is 0 Å². The van der Waals surface area contributed by atoms with Crippen LogP contribution in [-0.2, 0) is 9.47 Å². The molecule has 5 unspecified atom stereocenters. The Hall–Kier alpha value is -0.160. The van der Waals surface area contributed by atoms with Crippen LogP contribution in [0, 0.1) is 5.92 Å². The molecule has 0 aromatic rings. The van der Waals surface area contributed by atoms with Crippen LogP contribution in [0.2, 0.25) is 0 Å². The highest BCUT2D eigenvalue weighted by molar-refractivity contribution is 5.08. The average molecular weight is 313 g/mol. The summed E-state index contributed by atoms with van der Waals surface area (Å²) in [6.45, 7) is 13.6. The molecule has 2 rings (SSSR count). The summed E-state index contributed by atoms with van der Waals surface area (Å²) in [7, 11) is 0. The lowest BCUT2D eigenvalue weighted by molar-refractivity contribution is -0.352. The molecule has 0 saturated carbocycles. The van der Waals surface area contributed by atoms with Crippen molar-refractivity contribution in [2.45, 2.75) is 103 Å². The summed E-state index contributed by atoms with van der Waals surface area (Å²) in [5.74, 6) is -0.422. The van der Waals surface area contributed by atoms with Gasteiger partial charge in [-0.25, -0.2) is 0 Å². The Bertz CT molecular complexity index is 391. The minimum atomic E-state index is -0.548. The quantitative estimate of drug-likeness (QED) is 0.819. The number of piperidine rings is 1. The van der Waals surface area contributed by atoms with Crippen molar-refractivity contribution in [3.63, 3.8) is 0 Å². The molecule has 0 radical (unpaired) electrons. The molecule has 0 aromatic carbocycles. The van der Waals surface area contributed by atoms with Crippen molar-refractivity contribution in [1.29, 1.82) is 0 Å². The fourth-order valence-electron chi connectivity index (χ4n) is 4.24. The van der Waals surface area contributed by atoms with Gasteiger partial charge < -0.3 is 14.7 Å². The van der Waals surface area contributed by atoms with Crippen LogP contribution in [-0.4, -0.2) is 39.8 Å². The lowest BCUT2D eigenvalue weighted by Crippen LogP contribution is -2.70. The molecule has 2 aliphatic rings. The van der Waals surface area contributed by atoms with Crippen LogP contribution in [0.4, 0.5) is 0 Å². The van der Waals surface area contributed by atoms with Gasteiger partial charge in [-0.1, -0.05) is 40.5 Å². The van der Waals surface area contributed by atoms with Crippen LogP contribution in [0.15, 0.2) is 0 Å². The Kier molecular flexibility index (Phi) is 5.28. The minimum Gasteiger partial charge on any atom is -0.347 e. The van der Waals surface area contributed by atoms with E-state index in [-0.39, 0.29) is 23.1 Å². The molecule has 4 nitrogen and oxygen atoms in total. The third-order valence-electron chi connectivity index (χ3n) is 6.45. The first-order chi connectivity index (χ1) is 10.3. The Morgan fingerprint density at radius 1 is 1.18 bits per heavy atom. The molecule has 0 aromatic heterocycles. The maximum Gasteiger partial charge on any atom is 0.175 e. The lowest BCUT2D eigenvalue weighted by atomic mass is 9.67. The Balaban J connectivity index is 2.28. The van der Waals surface area contributed by atoms with Gasteiger partial charge in [-0.05, 0) is 33.1 Å². The van der Waals surface area contributed by atoms with Crippen molar-refractivity contribution in [3.05, 3.63) is 0 Å². The summed E-state index contributed by atoms with van der Waals surface area (Å²) >= 11 is 0. The van der Waals surface area contributed by atoms with Gasteiger partial charge in [0.15, 0.2) is 5.79 Å². The molecule has 4 heteroatoms. The molecule has 130 valence electrons. The van der Waals surface area contributed by atoms with E-state index < -0.39 is 5.79 Å². The first-order valence-corrected chi connectivity index (χ1v) is 9.09. The molecule has 2 aliphatic heterocycles. The van der Waals surface area contributed by atoms with Crippen LogP contribution < -0.4 is 0 Å². The summed E-state index contributed by atoms with van der Waals surface area (Å²) in [5.41, 5.74) is -0.639. The minimum absolute atomic E-state index is 0.126. The van der Waals surface area contributed by atoms with Gasteiger partial charge in [0.1, 0.15) is 0 Å². The fraction of sp³-hybridized carbons (Fsp3) is 1.00. The summed E-state index contributed by atoms with van der Waals surface area (Å²) in [6, 6.07) is 0. The lowest BCUT2D eigenvalue weighted by Gasteiger charge is -2.60. The number of rotatable bonds is 5. The van der Waals surface area contributed by atoms with Gasteiger partial charge >= 0.3 is 0 Å². The number of hydrogen-bond acceptors (Lipinski definition) is 4. The molecule has 1 N–H and O–H groups in total. The van der Waals surface area contributed by atoms with Gasteiger partial charge in [-0.15, -0.1) is 0 Å². The topological polar surface area (TPSA) is 41.9 Å². The second-order valence-electron chi connectivity index (χ2n) is 7.78. The zero-order valence-electron chi connectivity index (χ0n) is 15.3. The second kappa shape index (κ2) is 6.39. The molecule has 2 fully saturated rings. The summed E-state index contributed by atoms with van der Waals surface area (Å²) in [4.78, 5) is 0. The molecule has 22 heavy (non-hydrogen) atoms. The monoisotopic (exact) mass is 313 g/mol.